The van der Waals surface area contributed by atoms with E-state index in [2.05, 4.69) is 15.9 Å². The molecular formula is C14H17BrN2O3. The molecule has 5 nitrogen and oxygen atoms in total. The fourth-order valence-electron chi connectivity index (χ4n) is 2.95. The Balaban J connectivity index is 2.59. The highest BCUT2D eigenvalue weighted by atomic mass is 79.9. The first-order valence-electron chi connectivity index (χ1n) is 6.53. The van der Waals surface area contributed by atoms with E-state index >= 15 is 0 Å². The number of benzene rings is 1. The van der Waals surface area contributed by atoms with Crippen LogP contribution in [-0.4, -0.2) is 29.1 Å². The third-order valence-electron chi connectivity index (χ3n) is 4.00. The van der Waals surface area contributed by atoms with Gasteiger partial charge in [0.1, 0.15) is 5.54 Å². The summed E-state index contributed by atoms with van der Waals surface area (Å²) in [5.74, 6) is -1.41. The molecule has 1 aromatic carbocycles. The van der Waals surface area contributed by atoms with Crippen LogP contribution >= 0.6 is 15.9 Å². The number of hydrogen-bond acceptors (Lipinski definition) is 3. The number of primary amides is 1. The topological polar surface area (TPSA) is 83.6 Å². The van der Waals surface area contributed by atoms with Crippen molar-refractivity contribution in [2.24, 2.45) is 5.73 Å². The van der Waals surface area contributed by atoms with E-state index in [4.69, 9.17) is 5.73 Å². The Morgan fingerprint density at radius 1 is 1.50 bits per heavy atom. The number of aliphatic carboxylic acids is 1. The molecule has 1 unspecified atom stereocenters. The minimum atomic E-state index is -0.953. The summed E-state index contributed by atoms with van der Waals surface area (Å²) in [6.45, 7) is 2.46. The molecule has 0 saturated carbocycles. The first kappa shape index (κ1) is 14.8. The van der Waals surface area contributed by atoms with Crippen molar-refractivity contribution in [3.63, 3.8) is 0 Å². The quantitative estimate of drug-likeness (QED) is 0.881. The first-order chi connectivity index (χ1) is 9.44. The molecule has 1 heterocycles. The van der Waals surface area contributed by atoms with Crippen molar-refractivity contribution in [2.45, 2.75) is 31.7 Å². The number of carbonyl (C=O) groups excluding carboxylic acids is 1. The lowest BCUT2D eigenvalue weighted by atomic mass is 9.92. The van der Waals surface area contributed by atoms with Gasteiger partial charge in [-0.15, -0.1) is 0 Å². The highest BCUT2D eigenvalue weighted by Crippen LogP contribution is 2.40. The van der Waals surface area contributed by atoms with Gasteiger partial charge < -0.3 is 15.7 Å². The molecule has 1 saturated heterocycles. The van der Waals surface area contributed by atoms with Crippen LogP contribution in [0.3, 0.4) is 0 Å². The van der Waals surface area contributed by atoms with E-state index < -0.39 is 17.4 Å². The number of amides is 1. The van der Waals surface area contributed by atoms with Crippen LogP contribution in [0.25, 0.3) is 0 Å². The van der Waals surface area contributed by atoms with Gasteiger partial charge in [-0.05, 0) is 47.3 Å². The predicted molar refractivity (Wildman–Crippen MR) is 79.9 cm³/mol. The van der Waals surface area contributed by atoms with E-state index in [1.807, 2.05) is 6.92 Å². The number of nitrogens with two attached hydrogens (primary N) is 1. The molecule has 1 atom stereocenters. The van der Waals surface area contributed by atoms with Gasteiger partial charge in [-0.1, -0.05) is 13.0 Å². The van der Waals surface area contributed by atoms with Crippen LogP contribution in [0, 0.1) is 0 Å². The number of carboxylic acid groups (broad SMARTS) is 1. The van der Waals surface area contributed by atoms with E-state index in [1.54, 1.807) is 23.1 Å². The summed E-state index contributed by atoms with van der Waals surface area (Å²) in [5, 5.41) is 9.62. The Bertz CT molecular complexity index is 561. The average molecular weight is 341 g/mol. The van der Waals surface area contributed by atoms with Gasteiger partial charge in [0.2, 0.25) is 0 Å². The van der Waals surface area contributed by atoms with Crippen LogP contribution in [0.4, 0.5) is 5.69 Å². The van der Waals surface area contributed by atoms with Gasteiger partial charge in [0.05, 0.1) is 11.3 Å². The van der Waals surface area contributed by atoms with Crippen molar-refractivity contribution in [2.75, 3.05) is 11.4 Å². The van der Waals surface area contributed by atoms with E-state index in [9.17, 15) is 14.7 Å². The zero-order valence-electron chi connectivity index (χ0n) is 11.2. The molecule has 0 aliphatic carbocycles. The van der Waals surface area contributed by atoms with Gasteiger partial charge in [-0.3, -0.25) is 4.79 Å². The van der Waals surface area contributed by atoms with E-state index in [-0.39, 0.29) is 0 Å². The number of nitrogens with zero attached hydrogens (tertiary/aromatic N) is 1. The van der Waals surface area contributed by atoms with E-state index in [1.165, 1.54) is 0 Å². The van der Waals surface area contributed by atoms with E-state index in [0.29, 0.717) is 35.1 Å². The van der Waals surface area contributed by atoms with Crippen molar-refractivity contribution < 1.29 is 14.7 Å². The molecule has 1 fully saturated rings. The van der Waals surface area contributed by atoms with Crippen molar-refractivity contribution in [3.8, 4) is 0 Å². The lowest BCUT2D eigenvalue weighted by Crippen LogP contribution is -2.50. The highest BCUT2D eigenvalue weighted by molar-refractivity contribution is 9.10. The van der Waals surface area contributed by atoms with Gasteiger partial charge in [0.25, 0.3) is 5.91 Å². The average Bonchev–Trinajstić information content (AvgIpc) is 2.82. The normalized spacial score (nSPS) is 22.0. The molecule has 1 aliphatic heterocycles. The minimum absolute atomic E-state index is 0.341. The molecule has 1 aromatic rings. The molecule has 1 aliphatic rings. The molecule has 6 heteroatoms. The number of carbonyl (C=O) groups is 2. The molecular weight excluding hydrogens is 324 g/mol. The van der Waals surface area contributed by atoms with Crippen LogP contribution in [0.15, 0.2) is 22.7 Å². The van der Waals surface area contributed by atoms with Crippen LogP contribution in [0.2, 0.25) is 0 Å². The number of hydrogen-bond donors (Lipinski definition) is 2. The predicted octanol–water partition coefficient (Wildman–Crippen LogP) is 2.38. The zero-order valence-corrected chi connectivity index (χ0v) is 12.8. The van der Waals surface area contributed by atoms with Crippen molar-refractivity contribution >= 4 is 33.5 Å². The Morgan fingerprint density at radius 3 is 2.75 bits per heavy atom. The second-order valence-electron chi connectivity index (χ2n) is 4.94. The van der Waals surface area contributed by atoms with Crippen LogP contribution in [-0.2, 0) is 4.79 Å². The maximum atomic E-state index is 11.7. The van der Waals surface area contributed by atoms with Crippen LogP contribution in [0.1, 0.15) is 36.5 Å². The Labute approximate surface area is 125 Å². The molecule has 0 spiro atoms. The number of rotatable bonds is 4. The molecule has 108 valence electrons. The Hall–Kier alpha value is -1.56. The third-order valence-corrected chi connectivity index (χ3v) is 4.66. The van der Waals surface area contributed by atoms with Crippen LogP contribution in [0.5, 0.6) is 0 Å². The zero-order chi connectivity index (χ0) is 14.9. The van der Waals surface area contributed by atoms with Gasteiger partial charge in [0, 0.05) is 11.0 Å². The third kappa shape index (κ3) is 2.18. The summed E-state index contributed by atoms with van der Waals surface area (Å²) in [7, 11) is 0. The summed E-state index contributed by atoms with van der Waals surface area (Å²) in [4.78, 5) is 25.2. The minimum Gasteiger partial charge on any atom is -0.479 e. The second kappa shape index (κ2) is 5.44. The maximum absolute atomic E-state index is 11.7. The summed E-state index contributed by atoms with van der Waals surface area (Å²) < 4.78 is 0.588. The van der Waals surface area contributed by atoms with Gasteiger partial charge in [0.15, 0.2) is 0 Å². The van der Waals surface area contributed by atoms with Gasteiger partial charge >= 0.3 is 5.97 Å². The van der Waals surface area contributed by atoms with Crippen molar-refractivity contribution in [3.05, 3.63) is 28.2 Å². The monoisotopic (exact) mass is 340 g/mol. The summed E-state index contributed by atoms with van der Waals surface area (Å²) >= 11 is 3.32. The number of carboxylic acids is 1. The molecule has 3 N–H and O–H groups in total. The lowest BCUT2D eigenvalue weighted by Gasteiger charge is -2.36. The Morgan fingerprint density at radius 2 is 2.20 bits per heavy atom. The molecule has 0 aromatic heterocycles. The van der Waals surface area contributed by atoms with Crippen LogP contribution < -0.4 is 10.6 Å². The van der Waals surface area contributed by atoms with Crippen molar-refractivity contribution in [1.29, 1.82) is 0 Å². The highest BCUT2D eigenvalue weighted by Gasteiger charge is 2.47. The smallest absolute Gasteiger partial charge is 0.329 e. The van der Waals surface area contributed by atoms with Gasteiger partial charge in [-0.25, -0.2) is 4.79 Å². The summed E-state index contributed by atoms with van der Waals surface area (Å²) in [6.07, 6.45) is 1.83. The maximum Gasteiger partial charge on any atom is 0.329 e. The number of halogens is 1. The molecule has 0 radical (unpaired) electrons. The fourth-order valence-corrected chi connectivity index (χ4v) is 3.50. The lowest BCUT2D eigenvalue weighted by molar-refractivity contribution is -0.143. The van der Waals surface area contributed by atoms with Gasteiger partial charge in [-0.2, -0.15) is 0 Å². The molecule has 0 bridgehead atoms. The van der Waals surface area contributed by atoms with Crippen molar-refractivity contribution in [1.82, 2.24) is 0 Å². The molecule has 2 rings (SSSR count). The Kier molecular flexibility index (Phi) is 4.04. The molecule has 1 amide bonds. The summed E-state index contributed by atoms with van der Waals surface area (Å²) in [5.41, 5.74) is 5.43. The largest absolute Gasteiger partial charge is 0.479 e. The SMILES string of the molecule is CCC1(C(=O)O)CCCN1c1cccc(Br)c1C(N)=O. The number of anilines is 1. The van der Waals surface area contributed by atoms with E-state index in [0.717, 1.165) is 6.42 Å². The fraction of sp³-hybridized carbons (Fsp3) is 0.429. The molecule has 20 heavy (non-hydrogen) atoms. The standard InChI is InChI=1S/C14H17BrN2O3/c1-2-14(13(19)20)7-4-8-17(14)10-6-3-5-9(15)11(10)12(16)18/h3,5-6H,2,4,7-8H2,1H3,(H2,16,18)(H,19,20). The second-order valence-corrected chi connectivity index (χ2v) is 5.80. The summed E-state index contributed by atoms with van der Waals surface area (Å²) in [6, 6.07) is 5.27. The first-order valence-corrected chi connectivity index (χ1v) is 7.32.